The van der Waals surface area contributed by atoms with E-state index in [0.29, 0.717) is 5.69 Å². The molecule has 120 valence electrons. The summed E-state index contributed by atoms with van der Waals surface area (Å²) in [4.78, 5) is 22.5. The number of nitrogens with one attached hydrogen (secondary N) is 2. The van der Waals surface area contributed by atoms with Gasteiger partial charge in [0.05, 0.1) is 6.04 Å². The van der Waals surface area contributed by atoms with Crippen molar-refractivity contribution in [3.63, 3.8) is 0 Å². The van der Waals surface area contributed by atoms with Crippen molar-refractivity contribution in [2.24, 2.45) is 0 Å². The van der Waals surface area contributed by atoms with E-state index in [1.54, 1.807) is 31.2 Å². The molecule has 0 aromatic heterocycles. The molecular formula is C17H18N2O4. The highest BCUT2D eigenvalue weighted by atomic mass is 16.5. The Balaban J connectivity index is 1.89. The highest BCUT2D eigenvalue weighted by Crippen LogP contribution is 2.17. The zero-order valence-electron chi connectivity index (χ0n) is 12.7. The van der Waals surface area contributed by atoms with Crippen molar-refractivity contribution in [1.29, 1.82) is 0 Å². The first-order valence-corrected chi connectivity index (χ1v) is 7.11. The molecule has 0 saturated heterocycles. The van der Waals surface area contributed by atoms with Gasteiger partial charge in [0.15, 0.2) is 0 Å². The molecule has 0 radical (unpaired) electrons. The number of carbonyl (C=O) groups is 2. The van der Waals surface area contributed by atoms with Gasteiger partial charge in [-0.15, -0.1) is 0 Å². The van der Waals surface area contributed by atoms with Gasteiger partial charge in [-0.3, -0.25) is 5.32 Å². The zero-order valence-corrected chi connectivity index (χ0v) is 12.7. The van der Waals surface area contributed by atoms with E-state index in [-0.39, 0.29) is 12.6 Å². The fourth-order valence-electron chi connectivity index (χ4n) is 2.03. The number of carboxylic acid groups (broad SMARTS) is 1. The van der Waals surface area contributed by atoms with E-state index in [9.17, 15) is 9.59 Å². The van der Waals surface area contributed by atoms with Crippen LogP contribution in [0.2, 0.25) is 0 Å². The third-order valence-corrected chi connectivity index (χ3v) is 3.19. The van der Waals surface area contributed by atoms with E-state index in [4.69, 9.17) is 9.84 Å². The summed E-state index contributed by atoms with van der Waals surface area (Å²) in [6.07, 6.45) is -1.66. The molecule has 2 aromatic rings. The first-order valence-electron chi connectivity index (χ1n) is 7.11. The van der Waals surface area contributed by atoms with E-state index in [1.807, 2.05) is 30.3 Å². The van der Waals surface area contributed by atoms with E-state index >= 15 is 0 Å². The summed E-state index contributed by atoms with van der Waals surface area (Å²) in [5, 5.41) is 13.7. The second-order valence-corrected chi connectivity index (χ2v) is 4.98. The van der Waals surface area contributed by atoms with E-state index in [1.165, 1.54) is 0 Å². The average molecular weight is 314 g/mol. The van der Waals surface area contributed by atoms with Gasteiger partial charge in [-0.1, -0.05) is 42.5 Å². The first-order chi connectivity index (χ1) is 11.0. The molecule has 0 aliphatic heterocycles. The Kier molecular flexibility index (Phi) is 5.57. The number of anilines is 1. The smallest absolute Gasteiger partial charge is 0.409 e. The number of benzene rings is 2. The summed E-state index contributed by atoms with van der Waals surface area (Å²) >= 11 is 0. The molecule has 0 bridgehead atoms. The summed E-state index contributed by atoms with van der Waals surface area (Å²) in [7, 11) is 0. The molecule has 0 fully saturated rings. The zero-order chi connectivity index (χ0) is 16.7. The van der Waals surface area contributed by atoms with Crippen LogP contribution in [-0.2, 0) is 11.3 Å². The van der Waals surface area contributed by atoms with Crippen LogP contribution in [-0.4, -0.2) is 17.3 Å². The van der Waals surface area contributed by atoms with Crippen LogP contribution in [0.1, 0.15) is 24.1 Å². The fourth-order valence-corrected chi connectivity index (χ4v) is 2.03. The summed E-state index contributed by atoms with van der Waals surface area (Å²) in [6, 6.07) is 15.9. The van der Waals surface area contributed by atoms with Crippen LogP contribution < -0.4 is 10.6 Å². The van der Waals surface area contributed by atoms with Crippen molar-refractivity contribution < 1.29 is 19.4 Å². The van der Waals surface area contributed by atoms with Gasteiger partial charge in [0.25, 0.3) is 0 Å². The minimum atomic E-state index is -1.13. The van der Waals surface area contributed by atoms with Crippen molar-refractivity contribution in [1.82, 2.24) is 5.32 Å². The van der Waals surface area contributed by atoms with Crippen molar-refractivity contribution in [2.75, 3.05) is 5.32 Å². The van der Waals surface area contributed by atoms with Crippen LogP contribution in [0.15, 0.2) is 54.6 Å². The highest BCUT2D eigenvalue weighted by molar-refractivity contribution is 5.82. The van der Waals surface area contributed by atoms with Crippen LogP contribution in [0.4, 0.5) is 15.3 Å². The molecule has 0 aliphatic rings. The lowest BCUT2D eigenvalue weighted by atomic mass is 10.1. The van der Waals surface area contributed by atoms with Gasteiger partial charge in [-0.25, -0.2) is 9.59 Å². The van der Waals surface area contributed by atoms with Gasteiger partial charge < -0.3 is 15.2 Å². The number of ether oxygens (including phenoxy) is 1. The van der Waals surface area contributed by atoms with Gasteiger partial charge in [0, 0.05) is 5.69 Å². The van der Waals surface area contributed by atoms with Gasteiger partial charge >= 0.3 is 12.2 Å². The largest absolute Gasteiger partial charge is 0.465 e. The number of hydrogen-bond donors (Lipinski definition) is 3. The van der Waals surface area contributed by atoms with Gasteiger partial charge in [-0.05, 0) is 30.2 Å². The molecule has 2 rings (SSSR count). The summed E-state index contributed by atoms with van der Waals surface area (Å²) in [5.41, 5.74) is 2.12. The maximum atomic E-state index is 11.8. The van der Waals surface area contributed by atoms with Crippen molar-refractivity contribution >= 4 is 17.9 Å². The minimum Gasteiger partial charge on any atom is -0.465 e. The molecule has 23 heavy (non-hydrogen) atoms. The predicted octanol–water partition coefficient (Wildman–Crippen LogP) is 3.76. The molecule has 6 heteroatoms. The van der Waals surface area contributed by atoms with Crippen LogP contribution in [0, 0.1) is 0 Å². The highest BCUT2D eigenvalue weighted by Gasteiger charge is 2.11. The Labute approximate surface area is 134 Å². The Bertz CT molecular complexity index is 673. The molecule has 0 unspecified atom stereocenters. The van der Waals surface area contributed by atoms with Crippen molar-refractivity contribution in [2.45, 2.75) is 19.6 Å². The quantitative estimate of drug-likeness (QED) is 0.784. The molecule has 0 saturated carbocycles. The monoisotopic (exact) mass is 314 g/mol. The fraction of sp³-hybridized carbons (Fsp3) is 0.176. The van der Waals surface area contributed by atoms with E-state index in [0.717, 1.165) is 11.1 Å². The summed E-state index contributed by atoms with van der Waals surface area (Å²) < 4.78 is 5.16. The van der Waals surface area contributed by atoms with Crippen molar-refractivity contribution in [3.05, 3.63) is 65.7 Å². The molecular weight excluding hydrogens is 296 g/mol. The molecule has 2 amide bonds. The second kappa shape index (κ2) is 7.84. The van der Waals surface area contributed by atoms with E-state index < -0.39 is 12.2 Å². The molecule has 0 spiro atoms. The molecule has 1 atom stereocenters. The van der Waals surface area contributed by atoms with Gasteiger partial charge in [0.1, 0.15) is 6.61 Å². The lowest BCUT2D eigenvalue weighted by Crippen LogP contribution is -2.27. The van der Waals surface area contributed by atoms with Gasteiger partial charge in [0.2, 0.25) is 0 Å². The molecule has 2 aromatic carbocycles. The Morgan fingerprint density at radius 1 is 1.13 bits per heavy atom. The van der Waals surface area contributed by atoms with Crippen molar-refractivity contribution in [3.8, 4) is 0 Å². The maximum absolute atomic E-state index is 11.8. The van der Waals surface area contributed by atoms with Crippen LogP contribution >= 0.6 is 0 Å². The first kappa shape index (κ1) is 16.4. The number of carbonyl (C=O) groups excluding carboxylic acids is 1. The molecule has 0 aliphatic carbocycles. The number of amides is 2. The Morgan fingerprint density at radius 2 is 1.87 bits per heavy atom. The van der Waals surface area contributed by atoms with Crippen LogP contribution in [0.5, 0.6) is 0 Å². The standard InChI is InChI=1S/C17H18N2O4/c1-12(14-8-5-9-15(10-14)19-16(20)21)18-17(22)23-11-13-6-3-2-4-7-13/h2-10,12,19H,11H2,1H3,(H,18,22)(H,20,21)/t12-/m1/s1. The topological polar surface area (TPSA) is 87.7 Å². The average Bonchev–Trinajstić information content (AvgIpc) is 2.53. The Hall–Kier alpha value is -3.02. The van der Waals surface area contributed by atoms with Gasteiger partial charge in [-0.2, -0.15) is 0 Å². The predicted molar refractivity (Wildman–Crippen MR) is 86.3 cm³/mol. The number of alkyl carbamates (subject to hydrolysis) is 1. The Morgan fingerprint density at radius 3 is 2.57 bits per heavy atom. The summed E-state index contributed by atoms with van der Waals surface area (Å²) in [6.45, 7) is 1.99. The summed E-state index contributed by atoms with van der Waals surface area (Å²) in [5.74, 6) is 0. The number of rotatable bonds is 5. The number of hydrogen-bond acceptors (Lipinski definition) is 3. The second-order valence-electron chi connectivity index (χ2n) is 4.98. The lowest BCUT2D eigenvalue weighted by molar-refractivity contribution is 0.136. The minimum absolute atomic E-state index is 0.194. The third kappa shape index (κ3) is 5.35. The molecule has 3 N–H and O–H groups in total. The molecule has 6 nitrogen and oxygen atoms in total. The maximum Gasteiger partial charge on any atom is 0.409 e. The molecule has 0 heterocycles. The van der Waals surface area contributed by atoms with Crippen LogP contribution in [0.3, 0.4) is 0 Å². The third-order valence-electron chi connectivity index (χ3n) is 3.19. The van der Waals surface area contributed by atoms with Crippen LogP contribution in [0.25, 0.3) is 0 Å². The SMILES string of the molecule is C[C@@H](NC(=O)OCc1ccccc1)c1cccc(NC(=O)O)c1. The normalized spacial score (nSPS) is 11.3. The van der Waals surface area contributed by atoms with E-state index in [2.05, 4.69) is 10.6 Å². The lowest BCUT2D eigenvalue weighted by Gasteiger charge is -2.15.